The summed E-state index contributed by atoms with van der Waals surface area (Å²) in [6.07, 6.45) is 6.93. The number of pyridine rings is 3. The Morgan fingerprint density at radius 2 is 1.71 bits per heavy atom. The van der Waals surface area contributed by atoms with Crippen LogP contribution in [0.15, 0.2) is 85.5 Å². The van der Waals surface area contributed by atoms with Crippen LogP contribution < -0.4 is 25.0 Å². The van der Waals surface area contributed by atoms with Crippen LogP contribution in [-0.4, -0.2) is 91.5 Å². The molecule has 5 aromatic rings. The third-order valence-corrected chi connectivity index (χ3v) is 9.95. The molecule has 4 aromatic heterocycles. The second kappa shape index (κ2) is 19.4. The number of hydrogen-bond acceptors (Lipinski definition) is 14. The van der Waals surface area contributed by atoms with Crippen molar-refractivity contribution < 1.29 is 38.5 Å². The van der Waals surface area contributed by atoms with Crippen molar-refractivity contribution in [3.05, 3.63) is 113 Å². The average Bonchev–Trinajstić information content (AvgIpc) is 3.44. The van der Waals surface area contributed by atoms with E-state index in [1.807, 2.05) is 45.6 Å². The number of benzene rings is 1. The van der Waals surface area contributed by atoms with Gasteiger partial charge in [-0.05, 0) is 74.6 Å². The molecule has 0 radical (unpaired) electrons. The molecule has 1 aromatic carbocycles. The van der Waals surface area contributed by atoms with Gasteiger partial charge in [0, 0.05) is 60.6 Å². The van der Waals surface area contributed by atoms with Crippen LogP contribution in [-0.2, 0) is 16.1 Å². The molecule has 0 saturated heterocycles. The van der Waals surface area contributed by atoms with E-state index in [0.29, 0.717) is 58.1 Å². The van der Waals surface area contributed by atoms with E-state index >= 15 is 0 Å². The van der Waals surface area contributed by atoms with E-state index in [2.05, 4.69) is 36.6 Å². The summed E-state index contributed by atoms with van der Waals surface area (Å²) < 4.78 is 17.0. The molecule has 0 spiro atoms. The second-order valence-corrected chi connectivity index (χ2v) is 16.1. The SMILES string of the molecule is CC(C)(C)CC[C@H](NC(=O)c1ccc(Oc2cccc(C(=O)NCCOCCOc3ncc(-c4ccc5c(n4)N(Cc4cccnc4C#N)C(C)(C)C5=O)cn3)c2)nc1)C(=O)O. The number of carbonyl (C=O) groups excluding carboxylic acids is 3. The molecule has 62 heavy (non-hydrogen) atoms. The third-order valence-electron chi connectivity index (χ3n) is 9.95. The minimum absolute atomic E-state index is 0.0685. The fourth-order valence-electron chi connectivity index (χ4n) is 6.45. The van der Waals surface area contributed by atoms with Gasteiger partial charge in [0.1, 0.15) is 36.0 Å². The first kappa shape index (κ1) is 44.2. The maximum Gasteiger partial charge on any atom is 0.326 e. The number of carboxylic acids is 1. The molecule has 0 aliphatic carbocycles. The van der Waals surface area contributed by atoms with Gasteiger partial charge < -0.3 is 34.9 Å². The fraction of sp³-hybridized carbons (Fsp3) is 0.333. The Kier molecular flexibility index (Phi) is 13.8. The number of rotatable bonds is 18. The van der Waals surface area contributed by atoms with Crippen molar-refractivity contribution in [1.82, 2.24) is 35.6 Å². The number of hydrogen-bond donors (Lipinski definition) is 3. The Hall–Kier alpha value is -7.32. The number of nitriles is 1. The predicted octanol–water partition coefficient (Wildman–Crippen LogP) is 5.81. The van der Waals surface area contributed by atoms with Gasteiger partial charge in [-0.3, -0.25) is 14.4 Å². The Morgan fingerprint density at radius 3 is 2.42 bits per heavy atom. The third kappa shape index (κ3) is 11.1. The smallest absolute Gasteiger partial charge is 0.326 e. The minimum atomic E-state index is -1.10. The lowest BCUT2D eigenvalue weighted by Crippen LogP contribution is -2.44. The van der Waals surface area contributed by atoms with Gasteiger partial charge in [0.15, 0.2) is 5.78 Å². The Morgan fingerprint density at radius 1 is 0.919 bits per heavy atom. The second-order valence-electron chi connectivity index (χ2n) is 16.1. The number of nitrogens with one attached hydrogen (secondary N) is 2. The molecular weight excluding hydrogens is 795 g/mol. The molecule has 17 nitrogen and oxygen atoms in total. The Bertz CT molecular complexity index is 2460. The minimum Gasteiger partial charge on any atom is -0.480 e. The largest absolute Gasteiger partial charge is 0.480 e. The molecule has 5 heterocycles. The fourth-order valence-corrected chi connectivity index (χ4v) is 6.45. The number of amides is 2. The molecule has 6 rings (SSSR count). The molecule has 1 atom stereocenters. The first-order valence-corrected chi connectivity index (χ1v) is 19.9. The predicted molar refractivity (Wildman–Crippen MR) is 226 cm³/mol. The highest BCUT2D eigenvalue weighted by molar-refractivity contribution is 6.13. The zero-order valence-corrected chi connectivity index (χ0v) is 35.0. The van der Waals surface area contributed by atoms with Gasteiger partial charge in [0.05, 0.1) is 35.6 Å². The summed E-state index contributed by atoms with van der Waals surface area (Å²) in [4.78, 5) is 74.2. The quantitative estimate of drug-likeness (QED) is 0.0884. The highest BCUT2D eigenvalue weighted by atomic mass is 16.5. The number of ether oxygens (including phenoxy) is 3. The molecule has 3 N–H and O–H groups in total. The lowest BCUT2D eigenvalue weighted by molar-refractivity contribution is -0.139. The van der Waals surface area contributed by atoms with E-state index in [4.69, 9.17) is 19.2 Å². The topological polar surface area (TPSA) is 232 Å². The maximum absolute atomic E-state index is 13.3. The van der Waals surface area contributed by atoms with Crippen LogP contribution in [0.1, 0.15) is 89.8 Å². The van der Waals surface area contributed by atoms with Gasteiger partial charge in [-0.15, -0.1) is 0 Å². The summed E-state index contributed by atoms with van der Waals surface area (Å²) in [5.74, 6) is -1.04. The standard InChI is InChI=1S/C45H47N9O8/c1-44(2,3)16-15-35(42(58)59)53-41(57)29-11-14-37(49-24-29)62-32-10-6-8-28(22-32)40(56)48-18-19-60-20-21-61-43-50-25-31(26-51-43)34-13-12-33-38(55)45(4,5)54(39(33)52-34)27-30-9-7-17-47-36(30)23-46/h6-14,17,22,24-26,35H,15-16,18-21,27H2,1-5H3,(H,48,56)(H,53,57)(H,58,59)/t35-/m0/s1. The zero-order valence-electron chi connectivity index (χ0n) is 35.0. The average molecular weight is 842 g/mol. The summed E-state index contributed by atoms with van der Waals surface area (Å²) in [7, 11) is 0. The number of carbonyl (C=O) groups is 4. The van der Waals surface area contributed by atoms with E-state index < -0.39 is 23.5 Å². The first-order valence-electron chi connectivity index (χ1n) is 19.9. The number of ketones is 1. The number of nitrogens with zero attached hydrogens (tertiary/aromatic N) is 7. The van der Waals surface area contributed by atoms with Crippen LogP contribution in [0.5, 0.6) is 17.6 Å². The summed E-state index contributed by atoms with van der Waals surface area (Å²) in [6.45, 7) is 10.8. The number of aromatic nitrogens is 5. The van der Waals surface area contributed by atoms with Crippen molar-refractivity contribution in [3.63, 3.8) is 0 Å². The molecule has 0 bridgehead atoms. The first-order chi connectivity index (χ1) is 29.6. The van der Waals surface area contributed by atoms with E-state index in [-0.39, 0.29) is 67.5 Å². The van der Waals surface area contributed by atoms with Gasteiger partial charge in [0.2, 0.25) is 5.88 Å². The summed E-state index contributed by atoms with van der Waals surface area (Å²) >= 11 is 0. The van der Waals surface area contributed by atoms with Crippen molar-refractivity contribution in [2.75, 3.05) is 31.3 Å². The maximum atomic E-state index is 13.3. The van der Waals surface area contributed by atoms with E-state index in [0.717, 1.165) is 0 Å². The van der Waals surface area contributed by atoms with Crippen LogP contribution >= 0.6 is 0 Å². The number of anilines is 1. The summed E-state index contributed by atoms with van der Waals surface area (Å²) in [6, 6.07) is 17.8. The molecule has 1 aliphatic rings. The van der Waals surface area contributed by atoms with Gasteiger partial charge in [0.25, 0.3) is 11.8 Å². The highest BCUT2D eigenvalue weighted by Crippen LogP contribution is 2.40. The molecule has 0 fully saturated rings. The number of fused-ring (bicyclic) bond motifs is 1. The molecule has 320 valence electrons. The lowest BCUT2D eigenvalue weighted by Gasteiger charge is -2.32. The van der Waals surface area contributed by atoms with E-state index in [9.17, 15) is 29.5 Å². The Balaban J connectivity index is 0.923. The van der Waals surface area contributed by atoms with Crippen molar-refractivity contribution in [2.45, 2.75) is 65.6 Å². The highest BCUT2D eigenvalue weighted by Gasteiger charge is 2.45. The zero-order chi connectivity index (χ0) is 44.4. The van der Waals surface area contributed by atoms with Crippen molar-refractivity contribution in [3.8, 4) is 35.0 Å². The molecule has 1 aliphatic heterocycles. The lowest BCUT2D eigenvalue weighted by atomic mass is 9.88. The van der Waals surface area contributed by atoms with Gasteiger partial charge in [-0.2, -0.15) is 5.26 Å². The summed E-state index contributed by atoms with van der Waals surface area (Å²) in [5.41, 5.74) is 2.22. The molecule has 0 saturated carbocycles. The van der Waals surface area contributed by atoms with Crippen molar-refractivity contribution in [1.29, 1.82) is 5.26 Å². The van der Waals surface area contributed by atoms with E-state index in [1.165, 1.54) is 18.3 Å². The Labute approximate surface area is 358 Å². The monoisotopic (exact) mass is 841 g/mol. The van der Waals surface area contributed by atoms with Crippen LogP contribution in [0.2, 0.25) is 0 Å². The number of Topliss-reactive ketones (excluding diaryl/α,β-unsaturated/α-hetero) is 1. The van der Waals surface area contributed by atoms with Crippen LogP contribution in [0.4, 0.5) is 5.82 Å². The van der Waals surface area contributed by atoms with Crippen LogP contribution in [0.3, 0.4) is 0 Å². The van der Waals surface area contributed by atoms with Gasteiger partial charge >= 0.3 is 12.0 Å². The molecular formula is C45H47N9O8. The molecule has 2 amide bonds. The molecule has 17 heteroatoms. The number of aliphatic carboxylic acids is 1. The molecule has 0 unspecified atom stereocenters. The van der Waals surface area contributed by atoms with Crippen molar-refractivity contribution >= 4 is 29.4 Å². The van der Waals surface area contributed by atoms with Crippen LogP contribution in [0.25, 0.3) is 11.3 Å². The van der Waals surface area contributed by atoms with Crippen LogP contribution in [0, 0.1) is 16.7 Å². The normalized spacial score (nSPS) is 13.4. The number of carboxylic acid groups (broad SMARTS) is 1. The van der Waals surface area contributed by atoms with Gasteiger partial charge in [-0.1, -0.05) is 32.9 Å². The van der Waals surface area contributed by atoms with Crippen molar-refractivity contribution in [2.24, 2.45) is 5.41 Å². The summed E-state index contributed by atoms with van der Waals surface area (Å²) in [5, 5.41) is 24.5. The van der Waals surface area contributed by atoms with Gasteiger partial charge in [-0.25, -0.2) is 29.7 Å². The van der Waals surface area contributed by atoms with E-state index in [1.54, 1.807) is 61.1 Å².